The van der Waals surface area contributed by atoms with Crippen molar-refractivity contribution in [1.82, 2.24) is 4.90 Å². The number of benzene rings is 2. The summed E-state index contributed by atoms with van der Waals surface area (Å²) < 4.78 is 0.252. The van der Waals surface area contributed by atoms with Gasteiger partial charge in [-0.2, -0.15) is 0 Å². The Balaban J connectivity index is 1.92. The van der Waals surface area contributed by atoms with E-state index in [1.807, 2.05) is 24.3 Å². The predicted octanol–water partition coefficient (Wildman–Crippen LogP) is 4.28. The third-order valence-corrected chi connectivity index (χ3v) is 5.45. The van der Waals surface area contributed by atoms with Crippen LogP contribution in [0.25, 0.3) is 6.08 Å². The molecule has 1 aliphatic rings. The lowest BCUT2D eigenvalue weighted by atomic mass is 10.1. The number of aliphatic carboxylic acids is 1. The highest BCUT2D eigenvalue weighted by atomic mass is 32.2. The summed E-state index contributed by atoms with van der Waals surface area (Å²) in [6.07, 6.45) is 2.70. The van der Waals surface area contributed by atoms with Crippen LogP contribution in [-0.2, 0) is 16.0 Å². The number of nitrogens with zero attached hydrogens (tertiary/aromatic N) is 1. The molecule has 6 heteroatoms. The molecule has 1 amide bonds. The van der Waals surface area contributed by atoms with E-state index >= 15 is 0 Å². The molecule has 0 spiro atoms. The maximum Gasteiger partial charge on any atom is 0.331 e. The summed E-state index contributed by atoms with van der Waals surface area (Å²) in [7, 11) is 0. The fraction of sp³-hybridized carbons (Fsp3) is 0.150. The topological polar surface area (TPSA) is 57.6 Å². The molecule has 0 aromatic heterocycles. The zero-order chi connectivity index (χ0) is 18.7. The van der Waals surface area contributed by atoms with Crippen molar-refractivity contribution in [3.05, 3.63) is 76.2 Å². The van der Waals surface area contributed by atoms with Crippen LogP contribution >= 0.6 is 24.0 Å². The molecular weight excluding hydrogens is 366 g/mol. The summed E-state index contributed by atoms with van der Waals surface area (Å²) >= 11 is 6.44. The zero-order valence-corrected chi connectivity index (χ0v) is 15.7. The highest BCUT2D eigenvalue weighted by Gasteiger charge is 2.41. The molecule has 132 valence electrons. The van der Waals surface area contributed by atoms with Gasteiger partial charge in [-0.25, -0.2) is 4.79 Å². The summed E-state index contributed by atoms with van der Waals surface area (Å²) in [5.74, 6) is -1.49. The second-order valence-corrected chi connectivity index (χ2v) is 7.47. The van der Waals surface area contributed by atoms with Gasteiger partial charge in [0.25, 0.3) is 5.91 Å². The number of aryl methyl sites for hydroxylation is 1. The molecule has 0 saturated carbocycles. The standard InChI is InChI=1S/C20H17NO3S2/c1-2-13-8-10-14(11-9-13)12-16-18(22)21(20(25)26-16)17(19(23)24)15-6-4-3-5-7-15/h3-12,17H,2H2,1H3,(H,23,24). The third kappa shape index (κ3) is 3.71. The number of thiocarbonyl (C=S) groups is 1. The number of rotatable bonds is 5. The van der Waals surface area contributed by atoms with Crippen LogP contribution in [0.15, 0.2) is 59.5 Å². The lowest BCUT2D eigenvalue weighted by Gasteiger charge is -2.23. The molecule has 2 aromatic rings. The minimum Gasteiger partial charge on any atom is -0.479 e. The largest absolute Gasteiger partial charge is 0.479 e. The third-order valence-electron chi connectivity index (χ3n) is 4.12. The molecule has 3 rings (SSSR count). The first-order valence-corrected chi connectivity index (χ1v) is 9.37. The van der Waals surface area contributed by atoms with Crippen molar-refractivity contribution in [2.45, 2.75) is 19.4 Å². The van der Waals surface area contributed by atoms with E-state index < -0.39 is 12.0 Å². The van der Waals surface area contributed by atoms with Crippen LogP contribution in [0.3, 0.4) is 0 Å². The zero-order valence-electron chi connectivity index (χ0n) is 14.1. The van der Waals surface area contributed by atoms with Crippen LogP contribution in [-0.4, -0.2) is 26.2 Å². The first-order chi connectivity index (χ1) is 12.5. The molecule has 1 atom stereocenters. The van der Waals surface area contributed by atoms with E-state index in [4.69, 9.17) is 12.2 Å². The Morgan fingerprint density at radius 1 is 1.19 bits per heavy atom. The van der Waals surface area contributed by atoms with E-state index in [9.17, 15) is 14.7 Å². The minimum absolute atomic E-state index is 0.252. The maximum absolute atomic E-state index is 12.8. The molecule has 0 aliphatic carbocycles. The van der Waals surface area contributed by atoms with Gasteiger partial charge < -0.3 is 5.11 Å². The van der Waals surface area contributed by atoms with Gasteiger partial charge in [0.05, 0.1) is 4.91 Å². The molecule has 0 bridgehead atoms. The highest BCUT2D eigenvalue weighted by Crippen LogP contribution is 2.38. The molecule has 2 aromatic carbocycles. The fourth-order valence-corrected chi connectivity index (χ4v) is 4.05. The monoisotopic (exact) mass is 383 g/mol. The normalized spacial score (nSPS) is 17.0. The number of hydrogen-bond donors (Lipinski definition) is 1. The second-order valence-electron chi connectivity index (χ2n) is 5.80. The number of carboxylic acid groups (broad SMARTS) is 1. The Labute approximate surface area is 161 Å². The maximum atomic E-state index is 12.8. The Morgan fingerprint density at radius 3 is 2.42 bits per heavy atom. The van der Waals surface area contributed by atoms with Crippen molar-refractivity contribution in [3.63, 3.8) is 0 Å². The average molecular weight is 383 g/mol. The van der Waals surface area contributed by atoms with Crippen molar-refractivity contribution in [2.75, 3.05) is 0 Å². The molecule has 1 saturated heterocycles. The predicted molar refractivity (Wildman–Crippen MR) is 108 cm³/mol. The number of carbonyl (C=O) groups excluding carboxylic acids is 1. The van der Waals surface area contributed by atoms with Crippen LogP contribution < -0.4 is 0 Å². The van der Waals surface area contributed by atoms with Crippen molar-refractivity contribution >= 4 is 46.3 Å². The van der Waals surface area contributed by atoms with E-state index in [-0.39, 0.29) is 10.2 Å². The van der Waals surface area contributed by atoms with E-state index in [1.165, 1.54) is 10.5 Å². The molecule has 1 N–H and O–H groups in total. The molecule has 4 nitrogen and oxygen atoms in total. The molecule has 26 heavy (non-hydrogen) atoms. The first kappa shape index (κ1) is 18.4. The Bertz CT molecular complexity index is 876. The van der Waals surface area contributed by atoms with Gasteiger partial charge >= 0.3 is 5.97 Å². The number of thioether (sulfide) groups is 1. The molecule has 1 fully saturated rings. The Kier molecular flexibility index (Phi) is 5.54. The van der Waals surface area contributed by atoms with E-state index in [1.54, 1.807) is 36.4 Å². The molecule has 1 heterocycles. The summed E-state index contributed by atoms with van der Waals surface area (Å²) in [4.78, 5) is 26.3. The Morgan fingerprint density at radius 2 is 1.85 bits per heavy atom. The van der Waals surface area contributed by atoms with Gasteiger partial charge in [0.15, 0.2) is 6.04 Å². The lowest BCUT2D eigenvalue weighted by Crippen LogP contribution is -2.37. The number of hydrogen-bond acceptors (Lipinski definition) is 4. The SMILES string of the molecule is CCc1ccc(C=C2SC(=S)N(C(C(=O)O)c3ccccc3)C2=O)cc1. The van der Waals surface area contributed by atoms with Gasteiger partial charge in [0.1, 0.15) is 4.32 Å². The summed E-state index contributed by atoms with van der Waals surface area (Å²) in [6, 6.07) is 15.4. The number of carbonyl (C=O) groups is 2. The van der Waals surface area contributed by atoms with Crippen LogP contribution in [0, 0.1) is 0 Å². The minimum atomic E-state index is -1.13. The average Bonchev–Trinajstić information content (AvgIpc) is 2.91. The highest BCUT2D eigenvalue weighted by molar-refractivity contribution is 8.26. The fourth-order valence-electron chi connectivity index (χ4n) is 2.74. The van der Waals surface area contributed by atoms with E-state index in [0.29, 0.717) is 10.5 Å². The van der Waals surface area contributed by atoms with E-state index in [2.05, 4.69) is 6.92 Å². The molecule has 0 radical (unpaired) electrons. The quantitative estimate of drug-likeness (QED) is 0.617. The number of amides is 1. The molecule has 1 aliphatic heterocycles. The van der Waals surface area contributed by atoms with Crippen molar-refractivity contribution in [1.29, 1.82) is 0 Å². The second kappa shape index (κ2) is 7.85. The van der Waals surface area contributed by atoms with Crippen molar-refractivity contribution in [3.8, 4) is 0 Å². The molecule has 1 unspecified atom stereocenters. The summed E-state index contributed by atoms with van der Waals surface area (Å²) in [5, 5.41) is 9.67. The van der Waals surface area contributed by atoms with Gasteiger partial charge in [0.2, 0.25) is 0 Å². The smallest absolute Gasteiger partial charge is 0.331 e. The first-order valence-electron chi connectivity index (χ1n) is 8.15. The van der Waals surface area contributed by atoms with Crippen LogP contribution in [0.5, 0.6) is 0 Å². The van der Waals surface area contributed by atoms with Crippen LogP contribution in [0.4, 0.5) is 0 Å². The number of carboxylic acids is 1. The van der Waals surface area contributed by atoms with Crippen LogP contribution in [0.1, 0.15) is 29.7 Å². The molecular formula is C20H17NO3S2. The summed E-state index contributed by atoms with van der Waals surface area (Å²) in [6.45, 7) is 2.08. The Hall–Kier alpha value is -2.44. The van der Waals surface area contributed by atoms with Gasteiger partial charge in [-0.3, -0.25) is 9.69 Å². The van der Waals surface area contributed by atoms with Gasteiger partial charge in [-0.15, -0.1) is 0 Å². The van der Waals surface area contributed by atoms with Crippen LogP contribution in [0.2, 0.25) is 0 Å². The van der Waals surface area contributed by atoms with Crippen molar-refractivity contribution in [2.24, 2.45) is 0 Å². The van der Waals surface area contributed by atoms with Gasteiger partial charge in [0, 0.05) is 0 Å². The van der Waals surface area contributed by atoms with Crippen molar-refractivity contribution < 1.29 is 14.7 Å². The van der Waals surface area contributed by atoms with Gasteiger partial charge in [-0.05, 0) is 29.2 Å². The van der Waals surface area contributed by atoms with Gasteiger partial charge in [-0.1, -0.05) is 85.5 Å². The lowest BCUT2D eigenvalue weighted by molar-refractivity contribution is -0.145. The van der Waals surface area contributed by atoms with E-state index in [0.717, 1.165) is 23.7 Å². The summed E-state index contributed by atoms with van der Waals surface area (Å²) in [5.41, 5.74) is 2.61.